The molecule has 4 nitrogen and oxygen atoms in total. The summed E-state index contributed by atoms with van der Waals surface area (Å²) in [5.41, 5.74) is 4.93. The number of hydrogen-bond acceptors (Lipinski definition) is 2. The SMILES string of the molecule is CCNC(=NCc1ccc(N(C)C)cc1)NCc1ccc(C)cc1. The Morgan fingerprint density at radius 1 is 0.917 bits per heavy atom. The van der Waals surface area contributed by atoms with Crippen LogP contribution in [0.15, 0.2) is 53.5 Å². The van der Waals surface area contributed by atoms with Crippen molar-refractivity contribution in [2.24, 2.45) is 4.99 Å². The Labute approximate surface area is 145 Å². The fourth-order valence-corrected chi connectivity index (χ4v) is 2.30. The smallest absolute Gasteiger partial charge is 0.191 e. The molecule has 0 bridgehead atoms. The third-order valence-electron chi connectivity index (χ3n) is 3.80. The molecular formula is C20H28N4. The molecule has 0 spiro atoms. The molecule has 2 aromatic carbocycles. The normalized spacial score (nSPS) is 11.2. The molecule has 2 aromatic rings. The minimum atomic E-state index is 0.664. The van der Waals surface area contributed by atoms with Gasteiger partial charge in [-0.15, -0.1) is 0 Å². The zero-order chi connectivity index (χ0) is 17.4. The second-order valence-corrected chi connectivity index (χ2v) is 6.10. The first kappa shape index (κ1) is 17.9. The van der Waals surface area contributed by atoms with E-state index in [1.807, 2.05) is 14.1 Å². The van der Waals surface area contributed by atoms with E-state index >= 15 is 0 Å². The Morgan fingerprint density at radius 2 is 1.54 bits per heavy atom. The van der Waals surface area contributed by atoms with E-state index in [4.69, 9.17) is 0 Å². The van der Waals surface area contributed by atoms with Crippen LogP contribution in [0.2, 0.25) is 0 Å². The van der Waals surface area contributed by atoms with Gasteiger partial charge in [0.2, 0.25) is 0 Å². The minimum absolute atomic E-state index is 0.664. The molecule has 0 saturated carbocycles. The summed E-state index contributed by atoms with van der Waals surface area (Å²) in [6, 6.07) is 17.1. The first-order valence-corrected chi connectivity index (χ1v) is 8.42. The first-order chi connectivity index (χ1) is 11.6. The molecule has 0 aliphatic heterocycles. The molecule has 0 aromatic heterocycles. The van der Waals surface area contributed by atoms with Crippen molar-refractivity contribution in [3.8, 4) is 0 Å². The number of hydrogen-bond donors (Lipinski definition) is 2. The third-order valence-corrected chi connectivity index (χ3v) is 3.80. The van der Waals surface area contributed by atoms with E-state index in [1.54, 1.807) is 0 Å². The topological polar surface area (TPSA) is 39.7 Å². The summed E-state index contributed by atoms with van der Waals surface area (Å²) in [5, 5.41) is 6.68. The van der Waals surface area contributed by atoms with E-state index in [0.717, 1.165) is 19.0 Å². The van der Waals surface area contributed by atoms with Gasteiger partial charge in [0.05, 0.1) is 6.54 Å². The van der Waals surface area contributed by atoms with E-state index in [9.17, 15) is 0 Å². The quantitative estimate of drug-likeness (QED) is 0.632. The van der Waals surface area contributed by atoms with Crippen LogP contribution in [0, 0.1) is 6.92 Å². The average Bonchev–Trinajstić information content (AvgIpc) is 2.59. The summed E-state index contributed by atoms with van der Waals surface area (Å²) < 4.78 is 0. The van der Waals surface area contributed by atoms with Gasteiger partial charge >= 0.3 is 0 Å². The summed E-state index contributed by atoms with van der Waals surface area (Å²) >= 11 is 0. The van der Waals surface area contributed by atoms with Crippen LogP contribution in [-0.4, -0.2) is 26.6 Å². The largest absolute Gasteiger partial charge is 0.378 e. The molecule has 2 rings (SSSR count). The summed E-state index contributed by atoms with van der Waals surface area (Å²) in [4.78, 5) is 6.77. The number of nitrogens with one attached hydrogen (secondary N) is 2. The monoisotopic (exact) mass is 324 g/mol. The van der Waals surface area contributed by atoms with Gasteiger partial charge in [-0.2, -0.15) is 0 Å². The third kappa shape index (κ3) is 5.61. The maximum atomic E-state index is 4.67. The van der Waals surface area contributed by atoms with Gasteiger partial charge in [-0.1, -0.05) is 42.0 Å². The molecule has 0 saturated heterocycles. The van der Waals surface area contributed by atoms with Crippen molar-refractivity contribution in [1.82, 2.24) is 10.6 Å². The lowest BCUT2D eigenvalue weighted by Crippen LogP contribution is -2.36. The molecule has 0 aliphatic carbocycles. The highest BCUT2D eigenvalue weighted by atomic mass is 15.2. The first-order valence-electron chi connectivity index (χ1n) is 8.42. The molecule has 4 heteroatoms. The van der Waals surface area contributed by atoms with Gasteiger partial charge in [-0.3, -0.25) is 0 Å². The molecular weight excluding hydrogens is 296 g/mol. The zero-order valence-corrected chi connectivity index (χ0v) is 15.1. The highest BCUT2D eigenvalue weighted by molar-refractivity contribution is 5.79. The van der Waals surface area contributed by atoms with E-state index in [2.05, 4.69) is 82.9 Å². The molecule has 128 valence electrons. The van der Waals surface area contributed by atoms with E-state index < -0.39 is 0 Å². The number of aryl methyl sites for hydroxylation is 1. The Kier molecular flexibility index (Phi) is 6.67. The second-order valence-electron chi connectivity index (χ2n) is 6.10. The van der Waals surface area contributed by atoms with Gasteiger partial charge in [0.15, 0.2) is 5.96 Å². The van der Waals surface area contributed by atoms with Gasteiger partial charge in [-0.05, 0) is 37.1 Å². The Hall–Kier alpha value is -2.49. The average molecular weight is 324 g/mol. The maximum absolute atomic E-state index is 4.67. The van der Waals surface area contributed by atoms with Gasteiger partial charge in [0, 0.05) is 32.9 Å². The molecule has 24 heavy (non-hydrogen) atoms. The molecule has 0 radical (unpaired) electrons. The van der Waals surface area contributed by atoms with Crippen LogP contribution in [0.1, 0.15) is 23.6 Å². The van der Waals surface area contributed by atoms with Gasteiger partial charge in [-0.25, -0.2) is 4.99 Å². The minimum Gasteiger partial charge on any atom is -0.378 e. The zero-order valence-electron chi connectivity index (χ0n) is 15.1. The maximum Gasteiger partial charge on any atom is 0.191 e. The highest BCUT2D eigenvalue weighted by Crippen LogP contribution is 2.12. The lowest BCUT2D eigenvalue weighted by molar-refractivity contribution is 0.816. The summed E-state index contributed by atoms with van der Waals surface area (Å²) in [7, 11) is 4.09. The molecule has 0 aliphatic rings. The lowest BCUT2D eigenvalue weighted by Gasteiger charge is -2.13. The van der Waals surface area contributed by atoms with E-state index in [-0.39, 0.29) is 0 Å². The van der Waals surface area contributed by atoms with Crippen LogP contribution in [0.5, 0.6) is 0 Å². The predicted octanol–water partition coefficient (Wildman–Crippen LogP) is 3.32. The highest BCUT2D eigenvalue weighted by Gasteiger charge is 2.00. The van der Waals surface area contributed by atoms with Crippen LogP contribution < -0.4 is 15.5 Å². The van der Waals surface area contributed by atoms with Crippen LogP contribution in [0.4, 0.5) is 5.69 Å². The van der Waals surface area contributed by atoms with Gasteiger partial charge in [0.1, 0.15) is 0 Å². The molecule has 0 fully saturated rings. The Bertz CT molecular complexity index is 642. The van der Waals surface area contributed by atoms with Gasteiger partial charge < -0.3 is 15.5 Å². The summed E-state index contributed by atoms with van der Waals surface area (Å²) in [5.74, 6) is 0.842. The van der Waals surface area contributed by atoms with Crippen LogP contribution in [0.3, 0.4) is 0 Å². The van der Waals surface area contributed by atoms with E-state index in [0.29, 0.717) is 6.54 Å². The van der Waals surface area contributed by atoms with Crippen molar-refractivity contribution < 1.29 is 0 Å². The van der Waals surface area contributed by atoms with Crippen molar-refractivity contribution >= 4 is 11.6 Å². The number of guanidine groups is 1. The number of benzene rings is 2. The van der Waals surface area contributed by atoms with Crippen molar-refractivity contribution in [3.05, 3.63) is 65.2 Å². The van der Waals surface area contributed by atoms with Crippen molar-refractivity contribution in [3.63, 3.8) is 0 Å². The molecule has 0 atom stereocenters. The Balaban J connectivity index is 1.95. The fourth-order valence-electron chi connectivity index (χ4n) is 2.30. The number of nitrogens with zero attached hydrogens (tertiary/aromatic N) is 2. The molecule has 0 heterocycles. The summed E-state index contributed by atoms with van der Waals surface area (Å²) in [6.07, 6.45) is 0. The second kappa shape index (κ2) is 8.96. The molecule has 0 unspecified atom stereocenters. The van der Waals surface area contributed by atoms with Crippen molar-refractivity contribution in [1.29, 1.82) is 0 Å². The molecule has 0 amide bonds. The number of aliphatic imine (C=N–C) groups is 1. The molecule has 2 N–H and O–H groups in total. The predicted molar refractivity (Wildman–Crippen MR) is 104 cm³/mol. The summed E-state index contributed by atoms with van der Waals surface area (Å²) in [6.45, 7) is 6.46. The number of rotatable bonds is 6. The lowest BCUT2D eigenvalue weighted by atomic mass is 10.1. The van der Waals surface area contributed by atoms with Crippen molar-refractivity contribution in [2.45, 2.75) is 26.9 Å². The van der Waals surface area contributed by atoms with E-state index in [1.165, 1.54) is 22.4 Å². The van der Waals surface area contributed by atoms with Crippen LogP contribution in [0.25, 0.3) is 0 Å². The van der Waals surface area contributed by atoms with Gasteiger partial charge in [0.25, 0.3) is 0 Å². The fraction of sp³-hybridized carbons (Fsp3) is 0.350. The Morgan fingerprint density at radius 3 is 2.12 bits per heavy atom. The standard InChI is InChI=1S/C20H28N4/c1-5-21-20(22-14-17-8-6-16(2)7-9-17)23-15-18-10-12-19(13-11-18)24(3)4/h6-13H,5,14-15H2,1-4H3,(H2,21,22,23). The van der Waals surface area contributed by atoms with Crippen LogP contribution >= 0.6 is 0 Å². The van der Waals surface area contributed by atoms with Crippen LogP contribution in [-0.2, 0) is 13.1 Å². The number of anilines is 1. The van der Waals surface area contributed by atoms with Crippen molar-refractivity contribution in [2.75, 3.05) is 25.5 Å².